The lowest BCUT2D eigenvalue weighted by atomic mass is 9.34. The maximum Gasteiger partial charge on any atom is 0.233 e. The summed E-state index contributed by atoms with van der Waals surface area (Å²) in [6, 6.07) is 8.08. The van der Waals surface area contributed by atoms with Gasteiger partial charge in [-0.1, -0.05) is 18.2 Å². The summed E-state index contributed by atoms with van der Waals surface area (Å²) < 4.78 is 28.1. The van der Waals surface area contributed by atoms with Gasteiger partial charge in [-0.25, -0.2) is 8.42 Å². The molecule has 5 heteroatoms. The van der Waals surface area contributed by atoms with E-state index < -0.39 is 9.05 Å². The van der Waals surface area contributed by atoms with E-state index in [9.17, 15) is 8.42 Å². The largest absolute Gasteiger partial charge is 0.494 e. The van der Waals surface area contributed by atoms with E-state index in [1.165, 1.54) is 5.56 Å². The Morgan fingerprint density at radius 1 is 1.26 bits per heavy atom. The molecule has 0 amide bonds. The van der Waals surface area contributed by atoms with Crippen molar-refractivity contribution in [1.82, 2.24) is 0 Å². The Balaban J connectivity index is 1.78. The van der Waals surface area contributed by atoms with Gasteiger partial charge in [-0.05, 0) is 37.7 Å². The third-order valence-corrected chi connectivity index (χ3v) is 5.66. The summed E-state index contributed by atoms with van der Waals surface area (Å²) >= 11 is 0. The average Bonchev–Trinajstić information content (AvgIpc) is 2.22. The topological polar surface area (TPSA) is 43.4 Å². The van der Waals surface area contributed by atoms with E-state index in [4.69, 9.17) is 15.4 Å². The molecule has 0 aliphatic heterocycles. The Morgan fingerprint density at radius 3 is 2.47 bits per heavy atom. The molecule has 3 fully saturated rings. The van der Waals surface area contributed by atoms with E-state index in [1.807, 2.05) is 25.1 Å². The van der Waals surface area contributed by atoms with Crippen molar-refractivity contribution in [3.05, 3.63) is 29.8 Å². The van der Waals surface area contributed by atoms with Crippen LogP contribution in [0.4, 0.5) is 0 Å². The Bertz CT molecular complexity index is 589. The predicted octanol–water partition coefficient (Wildman–Crippen LogP) is 3.08. The minimum atomic E-state index is -3.39. The van der Waals surface area contributed by atoms with Gasteiger partial charge in [-0.2, -0.15) is 0 Å². The van der Waals surface area contributed by atoms with E-state index in [0.29, 0.717) is 6.61 Å². The van der Waals surface area contributed by atoms with Gasteiger partial charge < -0.3 is 4.74 Å². The molecule has 19 heavy (non-hydrogen) atoms. The average molecular weight is 301 g/mol. The van der Waals surface area contributed by atoms with Gasteiger partial charge in [-0.3, -0.25) is 0 Å². The first-order valence-electron chi connectivity index (χ1n) is 6.53. The smallest absolute Gasteiger partial charge is 0.233 e. The zero-order valence-electron chi connectivity index (χ0n) is 10.9. The highest BCUT2D eigenvalue weighted by molar-refractivity contribution is 8.13. The Morgan fingerprint density at radius 2 is 1.89 bits per heavy atom. The van der Waals surface area contributed by atoms with Gasteiger partial charge in [0.1, 0.15) is 5.75 Å². The molecule has 0 atom stereocenters. The van der Waals surface area contributed by atoms with Crippen LogP contribution in [0, 0.1) is 5.41 Å². The first-order valence-corrected chi connectivity index (χ1v) is 9.01. The lowest BCUT2D eigenvalue weighted by Gasteiger charge is -2.71. The van der Waals surface area contributed by atoms with E-state index in [1.54, 1.807) is 0 Å². The number of rotatable bonds is 5. The quantitative estimate of drug-likeness (QED) is 0.785. The fraction of sp³-hybridized carbons (Fsp3) is 0.571. The van der Waals surface area contributed by atoms with Crippen LogP contribution < -0.4 is 4.74 Å². The van der Waals surface area contributed by atoms with Gasteiger partial charge >= 0.3 is 0 Å². The molecule has 0 N–H and O–H groups in total. The zero-order chi connectivity index (χ0) is 13.7. The summed E-state index contributed by atoms with van der Waals surface area (Å²) in [5, 5.41) is 0. The molecule has 104 valence electrons. The molecular weight excluding hydrogens is 284 g/mol. The SMILES string of the molecule is CCOc1ccccc1C12CC(CS(=O)(=O)Cl)(C1)C2. The minimum Gasteiger partial charge on any atom is -0.494 e. The standard InChI is InChI=1S/C14H17ClO3S/c1-2-18-12-6-4-3-5-11(12)14-7-13(8-14,9-14)10-19(15,16)17/h3-6H,2,7-10H2,1H3. The summed E-state index contributed by atoms with van der Waals surface area (Å²) in [6.45, 7) is 2.62. The molecule has 0 aromatic heterocycles. The first-order chi connectivity index (χ1) is 8.88. The van der Waals surface area contributed by atoms with Crippen LogP contribution in [0.15, 0.2) is 24.3 Å². The van der Waals surface area contributed by atoms with Crippen LogP contribution >= 0.6 is 10.7 Å². The van der Waals surface area contributed by atoms with Crippen LogP contribution in [0.5, 0.6) is 5.75 Å². The molecule has 3 aliphatic carbocycles. The second kappa shape index (κ2) is 4.13. The third kappa shape index (κ3) is 2.15. The summed E-state index contributed by atoms with van der Waals surface area (Å²) in [7, 11) is 1.98. The maximum absolute atomic E-state index is 11.2. The van der Waals surface area contributed by atoms with Gasteiger partial charge in [0.2, 0.25) is 9.05 Å². The normalized spacial score (nSPS) is 32.3. The summed E-state index contributed by atoms with van der Waals surface area (Å²) in [5.41, 5.74) is 1.29. The van der Waals surface area contributed by atoms with Crippen molar-refractivity contribution < 1.29 is 13.2 Å². The molecule has 3 nitrogen and oxygen atoms in total. The van der Waals surface area contributed by atoms with Crippen LogP contribution in [-0.2, 0) is 14.5 Å². The van der Waals surface area contributed by atoms with Gasteiger partial charge in [0.15, 0.2) is 0 Å². The Kier molecular flexibility index (Phi) is 2.88. The molecule has 1 aromatic rings. The summed E-state index contributed by atoms with van der Waals surface area (Å²) in [5.74, 6) is 1.05. The van der Waals surface area contributed by atoms with E-state index in [2.05, 4.69) is 6.07 Å². The van der Waals surface area contributed by atoms with E-state index >= 15 is 0 Å². The maximum atomic E-state index is 11.2. The molecule has 0 heterocycles. The molecule has 1 aromatic carbocycles. The number of para-hydroxylation sites is 1. The Hall–Kier alpha value is -0.740. The summed E-state index contributed by atoms with van der Waals surface area (Å²) in [6.07, 6.45) is 2.74. The van der Waals surface area contributed by atoms with Crippen molar-refractivity contribution in [2.45, 2.75) is 31.6 Å². The van der Waals surface area contributed by atoms with Crippen LogP contribution in [-0.4, -0.2) is 20.8 Å². The third-order valence-electron chi connectivity index (χ3n) is 4.38. The zero-order valence-corrected chi connectivity index (χ0v) is 12.4. The van der Waals surface area contributed by atoms with Gasteiger partial charge in [0.25, 0.3) is 0 Å². The highest BCUT2D eigenvalue weighted by Gasteiger charge is 2.69. The molecular formula is C14H17ClO3S. The van der Waals surface area contributed by atoms with Crippen molar-refractivity contribution in [2.75, 3.05) is 12.4 Å². The number of hydrogen-bond donors (Lipinski definition) is 0. The number of ether oxygens (including phenoxy) is 1. The van der Waals surface area contributed by atoms with Crippen molar-refractivity contribution in [1.29, 1.82) is 0 Å². The highest BCUT2D eigenvalue weighted by Crippen LogP contribution is 2.74. The van der Waals surface area contributed by atoms with Crippen LogP contribution in [0.3, 0.4) is 0 Å². The lowest BCUT2D eigenvalue weighted by molar-refractivity contribution is -0.123. The van der Waals surface area contributed by atoms with Gasteiger partial charge in [0.05, 0.1) is 12.4 Å². The second-order valence-corrected chi connectivity index (χ2v) is 8.70. The Labute approximate surface area is 118 Å². The fourth-order valence-corrected chi connectivity index (χ4v) is 5.72. The summed E-state index contributed by atoms with van der Waals surface area (Å²) in [4.78, 5) is 0. The van der Waals surface area contributed by atoms with Gasteiger partial charge in [0, 0.05) is 21.7 Å². The van der Waals surface area contributed by atoms with E-state index in [-0.39, 0.29) is 16.6 Å². The van der Waals surface area contributed by atoms with Crippen molar-refractivity contribution in [3.63, 3.8) is 0 Å². The van der Waals surface area contributed by atoms with Crippen molar-refractivity contribution in [2.24, 2.45) is 5.41 Å². The van der Waals surface area contributed by atoms with Crippen LogP contribution in [0.1, 0.15) is 31.7 Å². The lowest BCUT2D eigenvalue weighted by Crippen LogP contribution is -2.66. The van der Waals surface area contributed by atoms with Crippen LogP contribution in [0.25, 0.3) is 0 Å². The van der Waals surface area contributed by atoms with E-state index in [0.717, 1.165) is 25.0 Å². The molecule has 3 aliphatic rings. The fourth-order valence-electron chi connectivity index (χ4n) is 3.99. The molecule has 0 saturated heterocycles. The van der Waals surface area contributed by atoms with Crippen molar-refractivity contribution >= 4 is 19.7 Å². The monoisotopic (exact) mass is 300 g/mol. The second-order valence-electron chi connectivity index (χ2n) is 5.92. The molecule has 2 bridgehead atoms. The predicted molar refractivity (Wildman–Crippen MR) is 75.2 cm³/mol. The number of halogens is 1. The molecule has 0 spiro atoms. The molecule has 4 rings (SSSR count). The number of hydrogen-bond acceptors (Lipinski definition) is 3. The first kappa shape index (κ1) is 13.3. The molecule has 0 unspecified atom stereocenters. The van der Waals surface area contributed by atoms with Crippen LogP contribution in [0.2, 0.25) is 0 Å². The highest BCUT2D eigenvalue weighted by atomic mass is 35.7. The molecule has 0 radical (unpaired) electrons. The minimum absolute atomic E-state index is 0.0695. The van der Waals surface area contributed by atoms with Crippen molar-refractivity contribution in [3.8, 4) is 5.75 Å². The number of benzene rings is 1. The van der Waals surface area contributed by atoms with Gasteiger partial charge in [-0.15, -0.1) is 0 Å². The molecule has 3 saturated carbocycles.